The first-order valence-corrected chi connectivity index (χ1v) is 23.6. The predicted molar refractivity (Wildman–Crippen MR) is 191 cm³/mol. The Balaban J connectivity index is 3.42. The van der Waals surface area contributed by atoms with E-state index < -0.39 is 22.4 Å². The number of carbonyl (C=O) groups is 2. The molecule has 0 rings (SSSR count). The minimum absolute atomic E-state index is 0.0149. The van der Waals surface area contributed by atoms with Crippen LogP contribution in [0.15, 0.2) is 9.98 Å². The molecule has 10 nitrogen and oxygen atoms in total. The fourth-order valence-corrected chi connectivity index (χ4v) is 11.7. The van der Waals surface area contributed by atoms with Crippen LogP contribution in [0.25, 0.3) is 0 Å². The number of aliphatic hydroxyl groups is 2. The topological polar surface area (TPSA) is 169 Å². The maximum absolute atomic E-state index is 11.9. The molecule has 2 unspecified atom stereocenters. The Kier molecular flexibility index (Phi) is 34.5. The summed E-state index contributed by atoms with van der Waals surface area (Å²) >= 11 is 11.3. The highest BCUT2D eigenvalue weighted by Gasteiger charge is 2.05. The zero-order valence-corrected chi connectivity index (χ0v) is 29.9. The Morgan fingerprint density at radius 1 is 0.692 bits per heavy atom. The number of carbonyl (C=O) groups excluding carboxylic acids is 2. The molecule has 2 amide bonds. The normalized spacial score (nSPS) is 13.2. The number of amides is 2. The second-order valence-electron chi connectivity index (χ2n) is 6.09. The molecule has 39 heavy (non-hydrogen) atoms. The summed E-state index contributed by atoms with van der Waals surface area (Å²) in [6.45, 7) is -0.129. The van der Waals surface area contributed by atoms with Crippen LogP contribution >= 0.6 is 106 Å². The van der Waals surface area contributed by atoms with Gasteiger partial charge < -0.3 is 30.0 Å². The quantitative estimate of drug-likeness (QED) is 0.0327. The Morgan fingerprint density at radius 2 is 1.23 bits per heavy atom. The van der Waals surface area contributed by atoms with E-state index in [-0.39, 0.29) is 29.4 Å². The zero-order valence-electron chi connectivity index (χ0n) is 21.0. The SMILES string of the molecule is O=C(NCSCSC/N=C/[S+]([O-])CSCSCSCSC(=O)NCSCSC/N=C/[S+]([O-])CCO)SCCO. The molecule has 0 heterocycles. The Morgan fingerprint density at radius 3 is 1.85 bits per heavy atom. The summed E-state index contributed by atoms with van der Waals surface area (Å²) < 4.78 is 23.2. The van der Waals surface area contributed by atoms with Gasteiger partial charge in [-0.2, -0.15) is 0 Å². The van der Waals surface area contributed by atoms with Crippen molar-refractivity contribution in [3.05, 3.63) is 0 Å². The monoisotopic (exact) mass is 754 g/mol. The first kappa shape index (κ1) is 41.0. The third kappa shape index (κ3) is 32.7. The van der Waals surface area contributed by atoms with Crippen LogP contribution in [-0.4, -0.2) is 120 Å². The average molecular weight is 755 g/mol. The van der Waals surface area contributed by atoms with E-state index in [1.165, 1.54) is 22.9 Å². The molecule has 0 aromatic heterocycles. The average Bonchev–Trinajstić information content (AvgIpc) is 2.92. The molecule has 0 radical (unpaired) electrons. The van der Waals surface area contributed by atoms with Crippen LogP contribution in [0.1, 0.15) is 0 Å². The lowest BCUT2D eigenvalue weighted by Crippen LogP contribution is -2.18. The summed E-state index contributed by atoms with van der Waals surface area (Å²) in [5.74, 6) is 2.66. The summed E-state index contributed by atoms with van der Waals surface area (Å²) in [4.78, 5) is 31.3. The van der Waals surface area contributed by atoms with E-state index in [2.05, 4.69) is 20.6 Å². The lowest BCUT2D eigenvalue weighted by atomic mass is 10.9. The number of aliphatic hydroxyl groups excluding tert-OH is 2. The highest BCUT2D eigenvalue weighted by atomic mass is 32.3. The smallest absolute Gasteiger partial charge is 0.280 e. The van der Waals surface area contributed by atoms with Gasteiger partial charge in [0.25, 0.3) is 10.5 Å². The molecule has 0 aliphatic heterocycles. The highest BCUT2D eigenvalue weighted by molar-refractivity contribution is 8.30. The lowest BCUT2D eigenvalue weighted by Gasteiger charge is -2.06. The van der Waals surface area contributed by atoms with Gasteiger partial charge in [0.15, 0.2) is 5.08 Å². The van der Waals surface area contributed by atoms with Gasteiger partial charge in [-0.15, -0.1) is 70.6 Å². The van der Waals surface area contributed by atoms with Gasteiger partial charge in [0.05, 0.1) is 36.7 Å². The highest BCUT2D eigenvalue weighted by Crippen LogP contribution is 2.22. The fraction of sp³-hybridized carbons (Fsp3) is 0.778. The van der Waals surface area contributed by atoms with Gasteiger partial charge >= 0.3 is 0 Å². The van der Waals surface area contributed by atoms with E-state index in [0.29, 0.717) is 39.4 Å². The van der Waals surface area contributed by atoms with Crippen molar-refractivity contribution >= 4 is 150 Å². The molecule has 0 fully saturated rings. The van der Waals surface area contributed by atoms with E-state index in [1.807, 2.05) is 0 Å². The maximum Gasteiger partial charge on any atom is 0.280 e. The van der Waals surface area contributed by atoms with E-state index in [1.54, 1.807) is 82.3 Å². The van der Waals surface area contributed by atoms with E-state index in [0.717, 1.165) is 32.1 Å². The van der Waals surface area contributed by atoms with Gasteiger partial charge in [0, 0.05) is 42.4 Å². The van der Waals surface area contributed by atoms with Crippen molar-refractivity contribution in [3.63, 3.8) is 0 Å². The lowest BCUT2D eigenvalue weighted by molar-refractivity contribution is 0.261. The standard InChI is InChI=1S/C18H34N4O6S11/c23-1-3-36-17(25)21-7-31-12-30-6-20-10-39(28)16-35-14-33-13-34-15-37-18(26)22-8-32-11-29-5-19-9-38(27)4-2-24/h9-10,23-24H,1-8,11-16H2,(H,21,25)(H,22,26)/b19-9+,20-10+. The second-order valence-corrected chi connectivity index (χ2v) is 19.8. The molecule has 0 spiro atoms. The van der Waals surface area contributed by atoms with Crippen molar-refractivity contribution in [2.24, 2.45) is 9.98 Å². The van der Waals surface area contributed by atoms with Gasteiger partial charge in [-0.3, -0.25) is 9.59 Å². The summed E-state index contributed by atoms with van der Waals surface area (Å²) in [5.41, 5.74) is 2.85. The number of nitrogens with zero attached hydrogens (tertiary/aromatic N) is 2. The largest absolute Gasteiger partial charge is 0.611 e. The number of hydrogen-bond acceptors (Lipinski definition) is 17. The van der Waals surface area contributed by atoms with Gasteiger partial charge in [0.2, 0.25) is 11.1 Å². The molecule has 0 aromatic carbocycles. The fourth-order valence-electron chi connectivity index (χ4n) is 1.64. The van der Waals surface area contributed by atoms with Crippen molar-refractivity contribution < 1.29 is 28.9 Å². The maximum atomic E-state index is 11.9. The van der Waals surface area contributed by atoms with Gasteiger partial charge in [-0.25, -0.2) is 9.98 Å². The molecule has 4 N–H and O–H groups in total. The third-order valence-electron chi connectivity index (χ3n) is 3.11. The molecule has 21 heteroatoms. The second kappa shape index (κ2) is 32.9. The van der Waals surface area contributed by atoms with Crippen molar-refractivity contribution in [2.75, 3.05) is 78.7 Å². The molecule has 228 valence electrons. The van der Waals surface area contributed by atoms with Crippen LogP contribution in [0.4, 0.5) is 9.59 Å². The molecule has 0 aliphatic carbocycles. The van der Waals surface area contributed by atoms with Crippen LogP contribution in [0.3, 0.4) is 0 Å². The molecule has 0 saturated heterocycles. The van der Waals surface area contributed by atoms with Gasteiger partial charge in [0.1, 0.15) is 5.75 Å². The van der Waals surface area contributed by atoms with Crippen molar-refractivity contribution in [2.45, 2.75) is 0 Å². The van der Waals surface area contributed by atoms with Crippen LogP contribution in [-0.2, 0) is 22.4 Å². The number of aliphatic imine (C=N–C) groups is 2. The van der Waals surface area contributed by atoms with Crippen LogP contribution in [0.2, 0.25) is 0 Å². The molecule has 2 atom stereocenters. The Labute approximate surface area is 275 Å². The van der Waals surface area contributed by atoms with Crippen LogP contribution in [0.5, 0.6) is 0 Å². The van der Waals surface area contributed by atoms with Gasteiger partial charge in [-0.1, -0.05) is 35.3 Å². The summed E-state index contributed by atoms with van der Waals surface area (Å²) in [7, 11) is 0. The first-order chi connectivity index (χ1) is 19.0. The molecule has 0 aliphatic rings. The van der Waals surface area contributed by atoms with Crippen molar-refractivity contribution in [1.29, 1.82) is 0 Å². The Bertz CT molecular complexity index is 661. The number of nitrogens with one attached hydrogen (secondary N) is 2. The van der Waals surface area contributed by atoms with Crippen LogP contribution in [0, 0.1) is 0 Å². The molecular weight excluding hydrogens is 721 g/mol. The molecular formula is C18H34N4O6S11. The summed E-state index contributed by atoms with van der Waals surface area (Å²) in [6.07, 6.45) is 0. The van der Waals surface area contributed by atoms with E-state index in [4.69, 9.17) is 10.2 Å². The Hall–Kier alpha value is 1.97. The van der Waals surface area contributed by atoms with E-state index in [9.17, 15) is 18.7 Å². The molecule has 0 bridgehead atoms. The number of rotatable bonds is 26. The predicted octanol–water partition coefficient (Wildman–Crippen LogP) is 4.12. The van der Waals surface area contributed by atoms with Crippen LogP contribution < -0.4 is 10.6 Å². The third-order valence-corrected chi connectivity index (χ3v) is 15.1. The number of hydrogen-bond donors (Lipinski definition) is 4. The molecule has 0 saturated carbocycles. The zero-order chi connectivity index (χ0) is 28.8. The van der Waals surface area contributed by atoms with Gasteiger partial charge in [-0.05, 0) is 11.2 Å². The van der Waals surface area contributed by atoms with Crippen molar-refractivity contribution in [1.82, 2.24) is 10.6 Å². The molecule has 0 aromatic rings. The van der Waals surface area contributed by atoms with Crippen molar-refractivity contribution in [3.8, 4) is 0 Å². The number of thioether (sulfide) groups is 9. The summed E-state index contributed by atoms with van der Waals surface area (Å²) in [6, 6.07) is 0. The minimum Gasteiger partial charge on any atom is -0.611 e. The summed E-state index contributed by atoms with van der Waals surface area (Å²) in [5, 5.41) is 27.1. The minimum atomic E-state index is -1.21. The first-order valence-electron chi connectivity index (χ1n) is 10.8. The van der Waals surface area contributed by atoms with E-state index >= 15 is 0 Å².